The van der Waals surface area contributed by atoms with Crippen molar-refractivity contribution in [3.05, 3.63) is 89.2 Å². The lowest BCUT2D eigenvalue weighted by Gasteiger charge is -2.15. The second kappa shape index (κ2) is 7.65. The second-order valence-electron chi connectivity index (χ2n) is 6.01. The van der Waals surface area contributed by atoms with Crippen molar-refractivity contribution in [2.75, 3.05) is 0 Å². The highest BCUT2D eigenvalue weighted by Gasteiger charge is 2.23. The van der Waals surface area contributed by atoms with Crippen LogP contribution >= 0.6 is 0 Å². The highest BCUT2D eigenvalue weighted by atomic mass is 16.2. The van der Waals surface area contributed by atoms with E-state index in [0.29, 0.717) is 17.7 Å². The van der Waals surface area contributed by atoms with Crippen LogP contribution in [0.25, 0.3) is 0 Å². The maximum Gasteiger partial charge on any atom is 0.255 e. The Balaban J connectivity index is 1.78. The van der Waals surface area contributed by atoms with Gasteiger partial charge in [-0.25, -0.2) is 0 Å². The van der Waals surface area contributed by atoms with E-state index in [2.05, 4.69) is 10.4 Å². The largest absolute Gasteiger partial charge is 0.368 e. The molecule has 0 bridgehead atoms. The minimum absolute atomic E-state index is 0.380. The molecule has 0 radical (unpaired) electrons. The number of carbonyl (C=O) groups is 2. The van der Waals surface area contributed by atoms with Gasteiger partial charge in [0, 0.05) is 5.69 Å². The molecular weight excluding hydrogens is 328 g/mol. The summed E-state index contributed by atoms with van der Waals surface area (Å²) < 4.78 is 1.76. The number of nitrogens with two attached hydrogens (primary N) is 1. The third kappa shape index (κ3) is 3.80. The predicted molar refractivity (Wildman–Crippen MR) is 98.4 cm³/mol. The Morgan fingerprint density at radius 3 is 2.31 bits per heavy atom. The van der Waals surface area contributed by atoms with Crippen molar-refractivity contribution in [2.24, 2.45) is 5.73 Å². The summed E-state index contributed by atoms with van der Waals surface area (Å²) in [6.45, 7) is 2.39. The first-order chi connectivity index (χ1) is 12.6. The van der Waals surface area contributed by atoms with Gasteiger partial charge in [0.2, 0.25) is 5.91 Å². The zero-order valence-electron chi connectivity index (χ0n) is 14.4. The van der Waals surface area contributed by atoms with Crippen LogP contribution in [0.15, 0.2) is 66.9 Å². The number of nitrogens with one attached hydrogen (secondary N) is 1. The van der Waals surface area contributed by atoms with Gasteiger partial charge in [-0.05, 0) is 18.1 Å². The maximum atomic E-state index is 12.6. The molecule has 1 atom stereocenters. The first-order valence-electron chi connectivity index (χ1n) is 8.27. The van der Waals surface area contributed by atoms with Crippen LogP contribution in [0.2, 0.25) is 0 Å². The standard InChI is InChI=1S/C20H20N4O2/c1-14-17(12-22-24(14)13-15-8-4-2-5-9-15)20(26)23-18(19(21)25)16-10-6-3-7-11-16/h2-12,18H,13H2,1H3,(H2,21,25)(H,23,26). The Morgan fingerprint density at radius 2 is 1.69 bits per heavy atom. The number of amides is 2. The van der Waals surface area contributed by atoms with Gasteiger partial charge < -0.3 is 11.1 Å². The molecular formula is C20H20N4O2. The van der Waals surface area contributed by atoms with E-state index < -0.39 is 11.9 Å². The van der Waals surface area contributed by atoms with Gasteiger partial charge in [-0.3, -0.25) is 14.3 Å². The van der Waals surface area contributed by atoms with Gasteiger partial charge in [-0.2, -0.15) is 5.10 Å². The van der Waals surface area contributed by atoms with E-state index in [1.165, 1.54) is 6.20 Å². The average Bonchev–Trinajstić information content (AvgIpc) is 3.01. The zero-order chi connectivity index (χ0) is 18.5. The number of primary amides is 1. The van der Waals surface area contributed by atoms with Crippen LogP contribution in [0.1, 0.15) is 33.2 Å². The monoisotopic (exact) mass is 348 g/mol. The molecule has 3 N–H and O–H groups in total. The van der Waals surface area contributed by atoms with Crippen molar-refractivity contribution >= 4 is 11.8 Å². The van der Waals surface area contributed by atoms with E-state index in [0.717, 1.165) is 11.3 Å². The smallest absolute Gasteiger partial charge is 0.255 e. The number of nitrogens with zero attached hydrogens (tertiary/aromatic N) is 2. The summed E-state index contributed by atoms with van der Waals surface area (Å²) in [5.41, 5.74) is 8.34. The van der Waals surface area contributed by atoms with Crippen LogP contribution in [0.4, 0.5) is 0 Å². The first kappa shape index (κ1) is 17.4. The summed E-state index contributed by atoms with van der Waals surface area (Å²) in [5.74, 6) is -0.992. The number of hydrogen-bond acceptors (Lipinski definition) is 3. The quantitative estimate of drug-likeness (QED) is 0.715. The molecule has 132 valence electrons. The van der Waals surface area contributed by atoms with Crippen LogP contribution in [0, 0.1) is 6.92 Å². The predicted octanol–water partition coefficient (Wildman–Crippen LogP) is 2.20. The van der Waals surface area contributed by atoms with Crippen molar-refractivity contribution < 1.29 is 9.59 Å². The van der Waals surface area contributed by atoms with Crippen molar-refractivity contribution in [3.63, 3.8) is 0 Å². The van der Waals surface area contributed by atoms with Crippen LogP contribution in [-0.4, -0.2) is 21.6 Å². The summed E-state index contributed by atoms with van der Waals surface area (Å²) in [5, 5.41) is 7.00. The number of aromatic nitrogens is 2. The average molecular weight is 348 g/mol. The molecule has 0 aliphatic heterocycles. The molecule has 0 fully saturated rings. The highest BCUT2D eigenvalue weighted by molar-refractivity contribution is 5.98. The summed E-state index contributed by atoms with van der Waals surface area (Å²) >= 11 is 0. The molecule has 0 spiro atoms. The van der Waals surface area contributed by atoms with Crippen molar-refractivity contribution in [2.45, 2.75) is 19.5 Å². The van der Waals surface area contributed by atoms with Crippen LogP contribution in [0.3, 0.4) is 0 Å². The van der Waals surface area contributed by atoms with Crippen LogP contribution in [0.5, 0.6) is 0 Å². The van der Waals surface area contributed by atoms with Gasteiger partial charge >= 0.3 is 0 Å². The van der Waals surface area contributed by atoms with Gasteiger partial charge in [0.15, 0.2) is 0 Å². The maximum absolute atomic E-state index is 12.6. The third-order valence-corrected chi connectivity index (χ3v) is 4.22. The lowest BCUT2D eigenvalue weighted by molar-refractivity contribution is -0.120. The van der Waals surface area contributed by atoms with Crippen molar-refractivity contribution in [1.29, 1.82) is 0 Å². The number of rotatable bonds is 6. The van der Waals surface area contributed by atoms with E-state index in [1.54, 1.807) is 28.9 Å². The summed E-state index contributed by atoms with van der Waals surface area (Å²) in [6.07, 6.45) is 1.51. The molecule has 1 heterocycles. The van der Waals surface area contributed by atoms with Gasteiger partial charge in [-0.15, -0.1) is 0 Å². The van der Waals surface area contributed by atoms with E-state index in [-0.39, 0.29) is 5.91 Å². The molecule has 2 aromatic carbocycles. The minimum Gasteiger partial charge on any atom is -0.368 e. The van der Waals surface area contributed by atoms with E-state index in [4.69, 9.17) is 5.73 Å². The Labute approximate surface area is 151 Å². The number of benzene rings is 2. The van der Waals surface area contributed by atoms with Crippen LogP contribution < -0.4 is 11.1 Å². The normalized spacial score (nSPS) is 11.7. The molecule has 1 unspecified atom stereocenters. The molecule has 1 aromatic heterocycles. The van der Waals surface area contributed by atoms with E-state index in [9.17, 15) is 9.59 Å². The van der Waals surface area contributed by atoms with Gasteiger partial charge in [0.25, 0.3) is 5.91 Å². The van der Waals surface area contributed by atoms with E-state index >= 15 is 0 Å². The molecule has 0 saturated heterocycles. The fourth-order valence-corrected chi connectivity index (χ4v) is 2.76. The Kier molecular flexibility index (Phi) is 5.12. The Hall–Kier alpha value is -3.41. The van der Waals surface area contributed by atoms with E-state index in [1.807, 2.05) is 43.3 Å². The molecule has 3 aromatic rings. The van der Waals surface area contributed by atoms with Gasteiger partial charge in [0.1, 0.15) is 6.04 Å². The topological polar surface area (TPSA) is 90.0 Å². The lowest BCUT2D eigenvalue weighted by atomic mass is 10.1. The first-order valence-corrected chi connectivity index (χ1v) is 8.27. The molecule has 2 amide bonds. The van der Waals surface area contributed by atoms with Gasteiger partial charge in [-0.1, -0.05) is 60.7 Å². The molecule has 0 saturated carbocycles. The Morgan fingerprint density at radius 1 is 1.08 bits per heavy atom. The van der Waals surface area contributed by atoms with Gasteiger partial charge in [0.05, 0.1) is 18.3 Å². The number of carbonyl (C=O) groups excluding carboxylic acids is 2. The van der Waals surface area contributed by atoms with Crippen molar-refractivity contribution in [1.82, 2.24) is 15.1 Å². The highest BCUT2D eigenvalue weighted by Crippen LogP contribution is 2.15. The molecule has 6 nitrogen and oxygen atoms in total. The molecule has 26 heavy (non-hydrogen) atoms. The van der Waals surface area contributed by atoms with Crippen molar-refractivity contribution in [3.8, 4) is 0 Å². The summed E-state index contributed by atoms with van der Waals surface area (Å²) in [7, 11) is 0. The van der Waals surface area contributed by atoms with Crippen LogP contribution in [-0.2, 0) is 11.3 Å². The molecule has 0 aliphatic rings. The zero-order valence-corrected chi connectivity index (χ0v) is 14.4. The summed E-state index contributed by atoms with van der Waals surface area (Å²) in [4.78, 5) is 24.4. The summed E-state index contributed by atoms with van der Waals surface area (Å²) in [6, 6.07) is 17.9. The second-order valence-corrected chi connectivity index (χ2v) is 6.01. The fraction of sp³-hybridized carbons (Fsp3) is 0.150. The SMILES string of the molecule is Cc1c(C(=O)NC(C(N)=O)c2ccccc2)cnn1Cc1ccccc1. The number of hydrogen-bond donors (Lipinski definition) is 2. The fourth-order valence-electron chi connectivity index (χ4n) is 2.76. The molecule has 6 heteroatoms. The Bertz CT molecular complexity index is 904. The molecule has 0 aliphatic carbocycles. The lowest BCUT2D eigenvalue weighted by Crippen LogP contribution is -2.37. The third-order valence-electron chi connectivity index (χ3n) is 4.22. The minimum atomic E-state index is -0.888. The molecule has 3 rings (SSSR count).